The summed E-state index contributed by atoms with van der Waals surface area (Å²) in [7, 11) is 1.65. The zero-order chi connectivity index (χ0) is 24.2. The number of halogens is 1. The maximum Gasteiger partial charge on any atom is 0.227 e. The second kappa shape index (κ2) is 10.5. The number of methoxy groups -OCH3 is 1. The van der Waals surface area contributed by atoms with E-state index >= 15 is 0 Å². The van der Waals surface area contributed by atoms with Crippen LogP contribution in [-0.2, 0) is 11.3 Å². The SMILES string of the molecule is COc1cccc(OCCCCn2c(C3CC(=O)N(c4ccc(Br)cc4)C3)nc3ccccc32)c1. The summed E-state index contributed by atoms with van der Waals surface area (Å²) in [4.78, 5) is 19.7. The number of rotatable bonds is 9. The minimum atomic E-state index is 0.0616. The van der Waals surface area contributed by atoms with E-state index < -0.39 is 0 Å². The molecule has 7 heteroatoms. The molecule has 5 rings (SSSR count). The van der Waals surface area contributed by atoms with Crippen LogP contribution in [0.5, 0.6) is 11.5 Å². The van der Waals surface area contributed by atoms with Crippen molar-refractivity contribution in [1.82, 2.24) is 9.55 Å². The fourth-order valence-corrected chi connectivity index (χ4v) is 4.91. The highest BCUT2D eigenvalue weighted by Gasteiger charge is 2.34. The Balaban J connectivity index is 1.28. The van der Waals surface area contributed by atoms with E-state index in [9.17, 15) is 4.79 Å². The Morgan fingerprint density at radius 2 is 1.80 bits per heavy atom. The molecule has 1 fully saturated rings. The lowest BCUT2D eigenvalue weighted by Crippen LogP contribution is -2.24. The molecular weight excluding hydrogens is 506 g/mol. The van der Waals surface area contributed by atoms with Crippen LogP contribution in [0, 0.1) is 0 Å². The molecule has 1 aromatic heterocycles. The fraction of sp³-hybridized carbons (Fsp3) is 0.286. The number of aromatic nitrogens is 2. The topological polar surface area (TPSA) is 56.6 Å². The standard InChI is InChI=1S/C28H28BrN3O3/c1-34-23-7-6-8-24(18-23)35-16-5-4-15-31-26-10-3-2-9-25(26)30-28(31)20-17-27(33)32(19-20)22-13-11-21(29)12-14-22/h2-3,6-14,18,20H,4-5,15-17,19H2,1H3. The largest absolute Gasteiger partial charge is 0.497 e. The molecule has 3 aromatic carbocycles. The van der Waals surface area contributed by atoms with Gasteiger partial charge in [-0.2, -0.15) is 0 Å². The number of unbranched alkanes of at least 4 members (excludes halogenated alkanes) is 1. The summed E-state index contributed by atoms with van der Waals surface area (Å²) >= 11 is 3.47. The number of ether oxygens (including phenoxy) is 2. The second-order valence-electron chi connectivity index (χ2n) is 8.73. The van der Waals surface area contributed by atoms with E-state index in [0.29, 0.717) is 19.6 Å². The molecule has 1 aliphatic heterocycles. The van der Waals surface area contributed by atoms with Gasteiger partial charge in [0.25, 0.3) is 0 Å². The van der Waals surface area contributed by atoms with Gasteiger partial charge in [-0.15, -0.1) is 0 Å². The number of carbonyl (C=O) groups is 1. The van der Waals surface area contributed by atoms with Gasteiger partial charge >= 0.3 is 0 Å². The van der Waals surface area contributed by atoms with Crippen LogP contribution in [0.3, 0.4) is 0 Å². The van der Waals surface area contributed by atoms with Crippen LogP contribution < -0.4 is 14.4 Å². The normalized spacial score (nSPS) is 15.7. The number of nitrogens with zero attached hydrogens (tertiary/aromatic N) is 3. The highest BCUT2D eigenvalue weighted by molar-refractivity contribution is 9.10. The van der Waals surface area contributed by atoms with Crippen molar-refractivity contribution in [2.45, 2.75) is 31.7 Å². The predicted molar refractivity (Wildman–Crippen MR) is 141 cm³/mol. The number of anilines is 1. The van der Waals surface area contributed by atoms with Gasteiger partial charge in [-0.05, 0) is 61.4 Å². The first-order valence-corrected chi connectivity index (χ1v) is 12.7. The van der Waals surface area contributed by atoms with Crippen LogP contribution in [0.15, 0.2) is 77.3 Å². The molecule has 2 heterocycles. The van der Waals surface area contributed by atoms with Gasteiger partial charge in [-0.25, -0.2) is 4.98 Å². The third-order valence-corrected chi connectivity index (χ3v) is 6.93. The first kappa shape index (κ1) is 23.4. The molecule has 1 amide bonds. The highest BCUT2D eigenvalue weighted by Crippen LogP contribution is 2.34. The maximum atomic E-state index is 12.9. The van der Waals surface area contributed by atoms with Gasteiger partial charge in [0.1, 0.15) is 17.3 Å². The third kappa shape index (κ3) is 5.20. The Bertz CT molecular complexity index is 1320. The minimum absolute atomic E-state index is 0.0616. The molecule has 180 valence electrons. The van der Waals surface area contributed by atoms with Crippen molar-refractivity contribution >= 4 is 38.6 Å². The molecule has 35 heavy (non-hydrogen) atoms. The average molecular weight is 534 g/mol. The molecule has 0 spiro atoms. The van der Waals surface area contributed by atoms with Crippen LogP contribution in [-0.4, -0.2) is 35.7 Å². The summed E-state index contributed by atoms with van der Waals surface area (Å²) in [5.74, 6) is 2.80. The Hall–Kier alpha value is -3.32. The van der Waals surface area contributed by atoms with Gasteiger partial charge in [0.05, 0.1) is 24.8 Å². The van der Waals surface area contributed by atoms with E-state index in [1.165, 1.54) is 0 Å². The summed E-state index contributed by atoms with van der Waals surface area (Å²) in [5, 5.41) is 0. The van der Waals surface area contributed by atoms with Crippen molar-refractivity contribution in [3.63, 3.8) is 0 Å². The van der Waals surface area contributed by atoms with Crippen LogP contribution in [0.4, 0.5) is 5.69 Å². The van der Waals surface area contributed by atoms with Gasteiger partial charge in [0.2, 0.25) is 5.91 Å². The summed E-state index contributed by atoms with van der Waals surface area (Å²) in [6.45, 7) is 2.11. The second-order valence-corrected chi connectivity index (χ2v) is 9.64. The molecule has 0 saturated carbocycles. The summed E-state index contributed by atoms with van der Waals surface area (Å²) < 4.78 is 14.5. The van der Waals surface area contributed by atoms with Crippen molar-refractivity contribution in [1.29, 1.82) is 0 Å². The van der Waals surface area contributed by atoms with E-state index in [2.05, 4.69) is 26.6 Å². The van der Waals surface area contributed by atoms with E-state index in [4.69, 9.17) is 14.5 Å². The number of aryl methyl sites for hydroxylation is 1. The number of hydrogen-bond donors (Lipinski definition) is 0. The number of hydrogen-bond acceptors (Lipinski definition) is 4. The van der Waals surface area contributed by atoms with Gasteiger partial charge in [-0.3, -0.25) is 4.79 Å². The zero-order valence-corrected chi connectivity index (χ0v) is 21.3. The molecular formula is C28H28BrN3O3. The Morgan fingerprint density at radius 1 is 1.00 bits per heavy atom. The highest BCUT2D eigenvalue weighted by atomic mass is 79.9. The Labute approximate surface area is 213 Å². The van der Waals surface area contributed by atoms with Crippen LogP contribution in [0.1, 0.15) is 31.0 Å². The minimum Gasteiger partial charge on any atom is -0.497 e. The van der Waals surface area contributed by atoms with Crippen LogP contribution >= 0.6 is 15.9 Å². The molecule has 0 aliphatic carbocycles. The first-order chi connectivity index (χ1) is 17.1. The molecule has 1 atom stereocenters. The number of imidazole rings is 1. The van der Waals surface area contributed by atoms with Gasteiger partial charge in [-0.1, -0.05) is 34.1 Å². The molecule has 0 bridgehead atoms. The number of benzene rings is 3. The molecule has 4 aromatic rings. The van der Waals surface area contributed by atoms with E-state index in [1.807, 2.05) is 71.6 Å². The van der Waals surface area contributed by atoms with E-state index in [0.717, 1.165) is 57.9 Å². The number of fused-ring (bicyclic) bond motifs is 1. The average Bonchev–Trinajstić information content (AvgIpc) is 3.45. The molecule has 1 saturated heterocycles. The van der Waals surface area contributed by atoms with Crippen molar-refractivity contribution in [3.05, 3.63) is 83.1 Å². The van der Waals surface area contributed by atoms with Crippen molar-refractivity contribution in [2.24, 2.45) is 0 Å². The fourth-order valence-electron chi connectivity index (χ4n) is 4.64. The van der Waals surface area contributed by atoms with Crippen LogP contribution in [0.25, 0.3) is 11.0 Å². The Morgan fingerprint density at radius 3 is 2.63 bits per heavy atom. The van der Waals surface area contributed by atoms with Crippen molar-refractivity contribution in [3.8, 4) is 11.5 Å². The molecule has 1 aliphatic rings. The monoisotopic (exact) mass is 533 g/mol. The predicted octanol–water partition coefficient (Wildman–Crippen LogP) is 6.19. The molecule has 0 N–H and O–H groups in total. The third-order valence-electron chi connectivity index (χ3n) is 6.40. The van der Waals surface area contributed by atoms with Gasteiger partial charge < -0.3 is 18.9 Å². The zero-order valence-electron chi connectivity index (χ0n) is 19.7. The smallest absolute Gasteiger partial charge is 0.227 e. The van der Waals surface area contributed by atoms with E-state index in [-0.39, 0.29) is 11.8 Å². The maximum absolute atomic E-state index is 12.9. The molecule has 1 unspecified atom stereocenters. The lowest BCUT2D eigenvalue weighted by Gasteiger charge is -2.17. The number of para-hydroxylation sites is 2. The van der Waals surface area contributed by atoms with Crippen molar-refractivity contribution < 1.29 is 14.3 Å². The summed E-state index contributed by atoms with van der Waals surface area (Å²) in [6, 6.07) is 23.8. The number of carbonyl (C=O) groups excluding carboxylic acids is 1. The summed E-state index contributed by atoms with van der Waals surface area (Å²) in [6.07, 6.45) is 2.34. The van der Waals surface area contributed by atoms with Crippen molar-refractivity contribution in [2.75, 3.05) is 25.2 Å². The van der Waals surface area contributed by atoms with Crippen LogP contribution in [0.2, 0.25) is 0 Å². The van der Waals surface area contributed by atoms with Gasteiger partial charge in [0, 0.05) is 41.7 Å². The van der Waals surface area contributed by atoms with Gasteiger partial charge in [0.15, 0.2) is 0 Å². The summed E-state index contributed by atoms with van der Waals surface area (Å²) in [5.41, 5.74) is 3.02. The Kier molecular flexibility index (Phi) is 7.04. The van der Waals surface area contributed by atoms with E-state index in [1.54, 1.807) is 7.11 Å². The molecule has 6 nitrogen and oxygen atoms in total. The molecule has 0 radical (unpaired) electrons. The quantitative estimate of drug-likeness (QED) is 0.241. The lowest BCUT2D eigenvalue weighted by molar-refractivity contribution is -0.117. The first-order valence-electron chi connectivity index (χ1n) is 11.9. The number of amides is 1. The lowest BCUT2D eigenvalue weighted by atomic mass is 10.1.